The molecule has 4 aliphatic carbocycles. The van der Waals surface area contributed by atoms with Gasteiger partial charge < -0.3 is 9.84 Å². The van der Waals surface area contributed by atoms with Gasteiger partial charge in [-0.25, -0.2) is 0 Å². The molecule has 31 heavy (non-hydrogen) atoms. The van der Waals surface area contributed by atoms with Crippen LogP contribution in [0.3, 0.4) is 0 Å². The zero-order chi connectivity index (χ0) is 22.4. The van der Waals surface area contributed by atoms with Crippen LogP contribution >= 0.6 is 0 Å². The Balaban J connectivity index is 1.53. The van der Waals surface area contributed by atoms with E-state index >= 15 is 0 Å². The summed E-state index contributed by atoms with van der Waals surface area (Å²) in [6.45, 7) is 9.39. The molecule has 178 valence electrons. The highest BCUT2D eigenvalue weighted by Crippen LogP contribution is 2.67. The van der Waals surface area contributed by atoms with Crippen LogP contribution in [0, 0.1) is 46.3 Å². The van der Waals surface area contributed by atoms with E-state index in [9.17, 15) is 9.50 Å². The van der Waals surface area contributed by atoms with E-state index < -0.39 is 0 Å². The number of hydrogen-bond donors (Lipinski definition) is 1. The first-order valence-electron chi connectivity index (χ1n) is 13.2. The van der Waals surface area contributed by atoms with Gasteiger partial charge in [-0.3, -0.25) is 4.39 Å². The Bertz CT molecular complexity index is 661. The van der Waals surface area contributed by atoms with Crippen LogP contribution in [0.25, 0.3) is 0 Å². The lowest BCUT2D eigenvalue weighted by Crippen LogP contribution is -2.51. The summed E-state index contributed by atoms with van der Waals surface area (Å²) in [6.07, 6.45) is 14.2. The molecule has 0 aromatic carbocycles. The van der Waals surface area contributed by atoms with Crippen LogP contribution in [0.4, 0.5) is 4.39 Å². The largest absolute Gasteiger partial charge is 0.393 e. The van der Waals surface area contributed by atoms with Crippen molar-refractivity contribution in [2.75, 3.05) is 13.8 Å². The first-order chi connectivity index (χ1) is 14.7. The molecule has 2 unspecified atom stereocenters. The summed E-state index contributed by atoms with van der Waals surface area (Å²) in [5.74, 6) is 3.74. The van der Waals surface area contributed by atoms with Gasteiger partial charge in [0.15, 0.2) is 0 Å². The van der Waals surface area contributed by atoms with Crippen molar-refractivity contribution in [1.29, 1.82) is 0 Å². The maximum Gasteiger partial charge on any atom is 0.0919 e. The lowest BCUT2D eigenvalue weighted by atomic mass is 9.47. The van der Waals surface area contributed by atoms with Crippen molar-refractivity contribution in [3.63, 3.8) is 0 Å². The number of methoxy groups -OCH3 is 1. The summed E-state index contributed by atoms with van der Waals surface area (Å²) in [5.41, 5.74) is 2.23. The number of aliphatic hydroxyl groups excluding tert-OH is 1. The van der Waals surface area contributed by atoms with Crippen molar-refractivity contribution in [2.24, 2.45) is 46.3 Å². The van der Waals surface area contributed by atoms with Gasteiger partial charge in [0.25, 0.3) is 0 Å². The van der Waals surface area contributed by atoms with Crippen molar-refractivity contribution >= 4 is 0 Å². The Hall–Kier alpha value is -0.410. The molecule has 0 saturated heterocycles. The molecular weight excluding hydrogens is 387 g/mol. The van der Waals surface area contributed by atoms with Gasteiger partial charge in [0.1, 0.15) is 0 Å². The number of allylic oxidation sites excluding steroid dienone is 1. The molecule has 0 heterocycles. The molecule has 10 atom stereocenters. The zero-order valence-electron chi connectivity index (χ0n) is 20.7. The number of halogens is 1. The van der Waals surface area contributed by atoms with Gasteiger partial charge in [-0.1, -0.05) is 52.2 Å². The van der Waals surface area contributed by atoms with Crippen molar-refractivity contribution < 1.29 is 14.2 Å². The Morgan fingerprint density at radius 2 is 1.94 bits per heavy atom. The van der Waals surface area contributed by atoms with Crippen LogP contribution in [-0.4, -0.2) is 31.1 Å². The molecule has 3 saturated carbocycles. The lowest BCUT2D eigenvalue weighted by molar-refractivity contribution is -0.0643. The average molecular weight is 435 g/mol. The molecule has 0 aromatic heterocycles. The van der Waals surface area contributed by atoms with Crippen molar-refractivity contribution in [1.82, 2.24) is 0 Å². The SMILES string of the molecule is CO[C@H]1C[C@H]2[C@@H]3CC=C4C[C@@H](O)CC[C@]4(C)C3CC[C@]2(C)C1[C@H](C)CCC[C@@H](C)CF. The van der Waals surface area contributed by atoms with Crippen molar-refractivity contribution in [3.8, 4) is 0 Å². The fraction of sp³-hybridized carbons (Fsp3) is 0.929. The van der Waals surface area contributed by atoms with Crippen LogP contribution in [0.5, 0.6) is 0 Å². The molecular formula is C28H47FO2. The van der Waals surface area contributed by atoms with E-state index in [-0.39, 0.29) is 18.7 Å². The summed E-state index contributed by atoms with van der Waals surface area (Å²) in [7, 11) is 1.93. The molecule has 0 radical (unpaired) electrons. The minimum Gasteiger partial charge on any atom is -0.393 e. The third-order valence-corrected chi connectivity index (χ3v) is 10.7. The number of alkyl halides is 1. The van der Waals surface area contributed by atoms with Gasteiger partial charge in [0.05, 0.1) is 18.9 Å². The second-order valence-electron chi connectivity index (χ2n) is 12.4. The first-order valence-corrected chi connectivity index (χ1v) is 13.2. The van der Waals surface area contributed by atoms with E-state index in [4.69, 9.17) is 4.74 Å². The van der Waals surface area contributed by atoms with E-state index in [0.717, 1.165) is 49.9 Å². The minimum atomic E-state index is -0.188. The molecule has 2 nitrogen and oxygen atoms in total. The molecule has 0 spiro atoms. The molecule has 0 bridgehead atoms. The summed E-state index contributed by atoms with van der Waals surface area (Å²) in [6, 6.07) is 0. The number of fused-ring (bicyclic) bond motifs is 5. The number of ether oxygens (including phenoxy) is 1. The van der Waals surface area contributed by atoms with Crippen LogP contribution in [0.1, 0.15) is 91.9 Å². The summed E-state index contributed by atoms with van der Waals surface area (Å²) >= 11 is 0. The highest BCUT2D eigenvalue weighted by atomic mass is 19.1. The third-order valence-electron chi connectivity index (χ3n) is 10.7. The van der Waals surface area contributed by atoms with Gasteiger partial charge in [-0.05, 0) is 97.7 Å². The Morgan fingerprint density at radius 1 is 1.16 bits per heavy atom. The lowest BCUT2D eigenvalue weighted by Gasteiger charge is -2.58. The van der Waals surface area contributed by atoms with Crippen LogP contribution in [0.2, 0.25) is 0 Å². The van der Waals surface area contributed by atoms with E-state index in [1.807, 2.05) is 14.0 Å². The Labute approximate surface area is 190 Å². The summed E-state index contributed by atoms with van der Waals surface area (Å²) < 4.78 is 19.1. The van der Waals surface area contributed by atoms with E-state index in [2.05, 4.69) is 26.8 Å². The quantitative estimate of drug-likeness (QED) is 0.439. The van der Waals surface area contributed by atoms with E-state index in [1.165, 1.54) is 32.1 Å². The van der Waals surface area contributed by atoms with E-state index in [1.54, 1.807) is 5.57 Å². The molecule has 0 aromatic rings. The van der Waals surface area contributed by atoms with Gasteiger partial charge >= 0.3 is 0 Å². The number of rotatable bonds is 7. The van der Waals surface area contributed by atoms with Gasteiger partial charge in [0.2, 0.25) is 0 Å². The van der Waals surface area contributed by atoms with Gasteiger partial charge in [-0.15, -0.1) is 0 Å². The second kappa shape index (κ2) is 9.09. The van der Waals surface area contributed by atoms with E-state index in [0.29, 0.717) is 28.8 Å². The van der Waals surface area contributed by atoms with Crippen LogP contribution in [-0.2, 0) is 4.74 Å². The maximum atomic E-state index is 12.9. The smallest absolute Gasteiger partial charge is 0.0919 e. The predicted molar refractivity (Wildman–Crippen MR) is 126 cm³/mol. The topological polar surface area (TPSA) is 29.5 Å². The predicted octanol–water partition coefficient (Wildman–Crippen LogP) is 6.96. The third kappa shape index (κ3) is 4.05. The van der Waals surface area contributed by atoms with Crippen LogP contribution < -0.4 is 0 Å². The maximum absolute atomic E-state index is 12.9. The molecule has 4 rings (SSSR count). The van der Waals surface area contributed by atoms with Crippen LogP contribution in [0.15, 0.2) is 11.6 Å². The molecule has 3 heteroatoms. The number of hydrogen-bond acceptors (Lipinski definition) is 2. The molecule has 0 aliphatic heterocycles. The van der Waals surface area contributed by atoms with Gasteiger partial charge in [-0.2, -0.15) is 0 Å². The summed E-state index contributed by atoms with van der Waals surface area (Å²) in [4.78, 5) is 0. The standard InChI is InChI=1S/C28H47FO2/c1-18(17-29)7-6-8-19(2)26-25(31-5)16-24-22-10-9-20-15-21(30)11-13-27(20,3)23(22)12-14-28(24,26)4/h9,18-19,21-26,30H,6-8,10-17H2,1-5H3/t18-,19-,21+,22-,23?,24+,25+,26?,27+,28+/m1/s1. The molecule has 4 aliphatic rings. The Kier molecular flexibility index (Phi) is 6.96. The van der Waals surface area contributed by atoms with Crippen molar-refractivity contribution in [3.05, 3.63) is 11.6 Å². The summed E-state index contributed by atoms with van der Waals surface area (Å²) in [5, 5.41) is 10.3. The zero-order valence-corrected chi connectivity index (χ0v) is 20.7. The fourth-order valence-electron chi connectivity index (χ4n) is 8.97. The first kappa shape index (κ1) is 23.7. The normalized spacial score (nSPS) is 46.5. The average Bonchev–Trinajstić information content (AvgIpc) is 3.06. The molecule has 3 fully saturated rings. The fourth-order valence-corrected chi connectivity index (χ4v) is 8.97. The molecule has 1 N–H and O–H groups in total. The minimum absolute atomic E-state index is 0.126. The van der Waals surface area contributed by atoms with Gasteiger partial charge in [0, 0.05) is 7.11 Å². The highest BCUT2D eigenvalue weighted by Gasteiger charge is 2.61. The highest BCUT2D eigenvalue weighted by molar-refractivity contribution is 5.25. The monoisotopic (exact) mass is 434 g/mol. The Morgan fingerprint density at radius 3 is 2.65 bits per heavy atom. The van der Waals surface area contributed by atoms with Crippen molar-refractivity contribution in [2.45, 2.75) is 104 Å². The second-order valence-corrected chi connectivity index (χ2v) is 12.4. The molecule has 0 amide bonds. The number of aliphatic hydroxyl groups is 1.